The van der Waals surface area contributed by atoms with E-state index in [4.69, 9.17) is 9.15 Å². The number of rotatable bonds is 5. The van der Waals surface area contributed by atoms with Crippen LogP contribution in [0.4, 0.5) is 16.1 Å². The number of ether oxygens (including phenoxy) is 1. The zero-order chi connectivity index (χ0) is 16.2. The summed E-state index contributed by atoms with van der Waals surface area (Å²) in [6.07, 6.45) is -0.396. The van der Waals surface area contributed by atoms with Gasteiger partial charge in [-0.05, 0) is 55.5 Å². The summed E-state index contributed by atoms with van der Waals surface area (Å²) in [5.74, 6) is 0.739. The number of nitrogens with one attached hydrogen (secondary N) is 1. The van der Waals surface area contributed by atoms with Crippen molar-refractivity contribution in [3.63, 3.8) is 0 Å². The summed E-state index contributed by atoms with van der Waals surface area (Å²) >= 11 is 3.37. The van der Waals surface area contributed by atoms with Crippen LogP contribution in [0.3, 0.4) is 0 Å². The molecule has 0 radical (unpaired) electrons. The minimum absolute atomic E-state index is 0.220. The molecule has 118 valence electrons. The zero-order valence-electron chi connectivity index (χ0n) is 12.2. The first-order chi connectivity index (χ1) is 11.1. The fourth-order valence-corrected chi connectivity index (χ4v) is 2.14. The maximum Gasteiger partial charge on any atom is 0.320 e. The van der Waals surface area contributed by atoms with E-state index in [-0.39, 0.29) is 11.8 Å². The topological polar surface area (TPSA) is 60.2 Å². The molecule has 1 aromatic heterocycles. The van der Waals surface area contributed by atoms with Crippen LogP contribution in [0.2, 0.25) is 0 Å². The zero-order valence-corrected chi connectivity index (χ0v) is 13.7. The third-order valence-corrected chi connectivity index (χ3v) is 3.54. The van der Waals surface area contributed by atoms with Gasteiger partial charge in [0.05, 0.1) is 0 Å². The Kier molecular flexibility index (Phi) is 4.57. The van der Waals surface area contributed by atoms with Crippen molar-refractivity contribution in [2.24, 2.45) is 0 Å². The molecule has 23 heavy (non-hydrogen) atoms. The Balaban J connectivity index is 1.66. The smallest absolute Gasteiger partial charge is 0.320 e. The van der Waals surface area contributed by atoms with Gasteiger partial charge in [0, 0.05) is 10.2 Å². The average Bonchev–Trinajstić information content (AvgIpc) is 3.00. The van der Waals surface area contributed by atoms with Gasteiger partial charge >= 0.3 is 6.01 Å². The monoisotopic (exact) mass is 377 g/mol. The molecule has 0 saturated carbocycles. The van der Waals surface area contributed by atoms with Gasteiger partial charge in [-0.1, -0.05) is 21.0 Å². The second-order valence-corrected chi connectivity index (χ2v) is 5.71. The van der Waals surface area contributed by atoms with Crippen LogP contribution in [0.5, 0.6) is 5.75 Å². The molecule has 0 aliphatic heterocycles. The minimum Gasteiger partial charge on any atom is -0.481 e. The molecular weight excluding hydrogens is 365 g/mol. The Labute approximate surface area is 140 Å². The van der Waals surface area contributed by atoms with E-state index in [9.17, 15) is 4.39 Å². The minimum atomic E-state index is -0.396. The van der Waals surface area contributed by atoms with E-state index in [0.717, 1.165) is 4.47 Å². The molecule has 0 aliphatic carbocycles. The molecule has 3 rings (SSSR count). The molecule has 1 heterocycles. The van der Waals surface area contributed by atoms with Crippen LogP contribution in [0.15, 0.2) is 57.4 Å². The molecule has 5 nitrogen and oxygen atoms in total. The van der Waals surface area contributed by atoms with E-state index in [2.05, 4.69) is 31.4 Å². The maximum atomic E-state index is 12.9. The van der Waals surface area contributed by atoms with Gasteiger partial charge in [0.1, 0.15) is 11.6 Å². The van der Waals surface area contributed by atoms with Gasteiger partial charge < -0.3 is 14.5 Å². The number of hydrogen-bond acceptors (Lipinski definition) is 5. The predicted molar refractivity (Wildman–Crippen MR) is 87.2 cm³/mol. The number of benzene rings is 2. The van der Waals surface area contributed by atoms with Crippen molar-refractivity contribution in [1.82, 2.24) is 10.2 Å². The first-order valence-electron chi connectivity index (χ1n) is 6.88. The van der Waals surface area contributed by atoms with Crippen LogP contribution in [0, 0.1) is 5.82 Å². The van der Waals surface area contributed by atoms with Crippen molar-refractivity contribution >= 4 is 27.6 Å². The van der Waals surface area contributed by atoms with Crippen molar-refractivity contribution in [2.75, 3.05) is 5.32 Å². The summed E-state index contributed by atoms with van der Waals surface area (Å²) in [5.41, 5.74) is 0.656. The number of anilines is 2. The Morgan fingerprint density at radius 1 is 1.09 bits per heavy atom. The van der Waals surface area contributed by atoms with E-state index in [1.165, 1.54) is 12.1 Å². The lowest BCUT2D eigenvalue weighted by molar-refractivity contribution is 0.190. The molecule has 0 saturated heterocycles. The van der Waals surface area contributed by atoms with E-state index < -0.39 is 6.10 Å². The van der Waals surface area contributed by atoms with Gasteiger partial charge in [-0.15, -0.1) is 5.10 Å². The largest absolute Gasteiger partial charge is 0.481 e. The lowest BCUT2D eigenvalue weighted by atomic mass is 10.3. The van der Waals surface area contributed by atoms with Crippen LogP contribution in [0.1, 0.15) is 18.9 Å². The molecule has 0 bridgehead atoms. The average molecular weight is 378 g/mol. The normalized spacial score (nSPS) is 12.0. The molecular formula is C16H13BrFN3O2. The van der Waals surface area contributed by atoms with Gasteiger partial charge in [-0.25, -0.2) is 4.39 Å². The summed E-state index contributed by atoms with van der Waals surface area (Å²) in [5, 5.41) is 10.8. The van der Waals surface area contributed by atoms with Gasteiger partial charge in [0.15, 0.2) is 6.10 Å². The summed E-state index contributed by atoms with van der Waals surface area (Å²) in [6, 6.07) is 13.5. The molecule has 0 amide bonds. The summed E-state index contributed by atoms with van der Waals surface area (Å²) in [7, 11) is 0. The number of aromatic nitrogens is 2. The Hall–Kier alpha value is -2.41. The van der Waals surface area contributed by atoms with E-state index in [0.29, 0.717) is 17.3 Å². The van der Waals surface area contributed by atoms with Crippen LogP contribution in [-0.2, 0) is 0 Å². The number of halogens is 2. The lowest BCUT2D eigenvalue weighted by Crippen LogP contribution is -2.03. The highest BCUT2D eigenvalue weighted by atomic mass is 79.9. The van der Waals surface area contributed by atoms with Crippen molar-refractivity contribution in [3.05, 3.63) is 64.7 Å². The molecule has 1 atom stereocenters. The summed E-state index contributed by atoms with van der Waals surface area (Å²) in [6.45, 7) is 1.82. The van der Waals surface area contributed by atoms with E-state index >= 15 is 0 Å². The van der Waals surface area contributed by atoms with Gasteiger partial charge in [0.2, 0.25) is 0 Å². The van der Waals surface area contributed by atoms with Gasteiger partial charge in [-0.2, -0.15) is 0 Å². The van der Waals surface area contributed by atoms with Gasteiger partial charge in [-0.3, -0.25) is 0 Å². The molecule has 0 aliphatic rings. The fourth-order valence-electron chi connectivity index (χ4n) is 1.87. The van der Waals surface area contributed by atoms with E-state index in [1.807, 2.05) is 31.2 Å². The summed E-state index contributed by atoms with van der Waals surface area (Å²) < 4.78 is 25.1. The molecule has 1 unspecified atom stereocenters. The first kappa shape index (κ1) is 15.5. The van der Waals surface area contributed by atoms with E-state index in [1.54, 1.807) is 12.1 Å². The standard InChI is InChI=1S/C16H13BrFN3O2/c1-10(22-14-8-2-11(17)3-9-14)15-20-21-16(23-15)19-13-6-4-12(18)5-7-13/h2-10H,1H3,(H,19,21). The Morgan fingerprint density at radius 2 is 1.78 bits per heavy atom. The molecule has 3 aromatic rings. The SMILES string of the molecule is CC(Oc1ccc(Br)cc1)c1nnc(Nc2ccc(F)cc2)o1. The highest BCUT2D eigenvalue weighted by molar-refractivity contribution is 9.10. The predicted octanol–water partition coefficient (Wildman–Crippen LogP) is 4.85. The molecule has 1 N–H and O–H groups in total. The molecule has 2 aromatic carbocycles. The van der Waals surface area contributed by atoms with Crippen molar-refractivity contribution in [3.8, 4) is 5.75 Å². The van der Waals surface area contributed by atoms with Crippen LogP contribution < -0.4 is 10.1 Å². The Bertz CT molecular complexity index is 775. The van der Waals surface area contributed by atoms with Crippen molar-refractivity contribution < 1.29 is 13.5 Å². The highest BCUT2D eigenvalue weighted by Crippen LogP contribution is 2.24. The second-order valence-electron chi connectivity index (χ2n) is 4.79. The van der Waals surface area contributed by atoms with Crippen molar-refractivity contribution in [2.45, 2.75) is 13.0 Å². The molecule has 7 heteroatoms. The molecule has 0 spiro atoms. The first-order valence-corrected chi connectivity index (χ1v) is 7.68. The van der Waals surface area contributed by atoms with Crippen LogP contribution in [-0.4, -0.2) is 10.2 Å². The van der Waals surface area contributed by atoms with Crippen LogP contribution in [0.25, 0.3) is 0 Å². The highest BCUT2D eigenvalue weighted by Gasteiger charge is 2.15. The van der Waals surface area contributed by atoms with Crippen molar-refractivity contribution in [1.29, 1.82) is 0 Å². The third kappa shape index (κ3) is 4.07. The number of hydrogen-bond donors (Lipinski definition) is 1. The second kappa shape index (κ2) is 6.78. The summed E-state index contributed by atoms with van der Waals surface area (Å²) in [4.78, 5) is 0. The maximum absolute atomic E-state index is 12.9. The fraction of sp³-hybridized carbons (Fsp3) is 0.125. The van der Waals surface area contributed by atoms with Gasteiger partial charge in [0.25, 0.3) is 5.89 Å². The Morgan fingerprint density at radius 3 is 2.48 bits per heavy atom. The quantitative estimate of drug-likeness (QED) is 0.688. The number of nitrogens with zero attached hydrogens (tertiary/aromatic N) is 2. The van der Waals surface area contributed by atoms with Crippen LogP contribution >= 0.6 is 15.9 Å². The molecule has 0 fully saturated rings. The lowest BCUT2D eigenvalue weighted by Gasteiger charge is -2.10. The third-order valence-electron chi connectivity index (χ3n) is 3.01.